The molecule has 0 aliphatic heterocycles. The lowest BCUT2D eigenvalue weighted by Gasteiger charge is -2.03. The van der Waals surface area contributed by atoms with Crippen molar-refractivity contribution in [1.82, 2.24) is 9.55 Å². The van der Waals surface area contributed by atoms with Crippen molar-refractivity contribution in [2.45, 2.75) is 6.54 Å². The first kappa shape index (κ1) is 24.8. The average Bonchev–Trinajstić information content (AvgIpc) is 3.38. The van der Waals surface area contributed by atoms with Gasteiger partial charge in [0.2, 0.25) is 5.91 Å². The molecular weight excluding hydrogens is 528 g/mol. The molecule has 0 fully saturated rings. The lowest BCUT2D eigenvalue weighted by Crippen LogP contribution is -2.28. The number of terminal acetylenes is 1. The number of nitrogens with one attached hydrogen (secondary N) is 1. The van der Waals surface area contributed by atoms with Gasteiger partial charge >= 0.3 is 0 Å². The molecule has 4 aromatic rings. The molecule has 4 rings (SSSR count). The highest BCUT2D eigenvalue weighted by Gasteiger charge is 2.22. The number of sulfone groups is 1. The third-order valence-electron chi connectivity index (χ3n) is 4.63. The Bertz CT molecular complexity index is 1630. The molecule has 178 valence electrons. The van der Waals surface area contributed by atoms with Crippen molar-refractivity contribution >= 4 is 71.3 Å². The minimum atomic E-state index is -4.07. The number of hydrogen-bond donors (Lipinski definition) is 1. The molecule has 0 radical (unpaired) electrons. The van der Waals surface area contributed by atoms with Crippen LogP contribution < -0.4 is 10.1 Å². The summed E-state index contributed by atoms with van der Waals surface area (Å²) in [5.41, 5.74) is 2.26. The van der Waals surface area contributed by atoms with Crippen LogP contribution in [0.5, 0.6) is 0 Å². The topological polar surface area (TPSA) is 110 Å². The molecule has 0 spiro atoms. The fourth-order valence-corrected chi connectivity index (χ4v) is 6.26. The molecule has 0 bridgehead atoms. The molecule has 0 aliphatic rings. The molecule has 0 aliphatic carbocycles. The minimum absolute atomic E-state index is 0.141. The molecule has 35 heavy (non-hydrogen) atoms. The number of amides is 2. The molecule has 2 aromatic heterocycles. The van der Waals surface area contributed by atoms with Gasteiger partial charge in [0.25, 0.3) is 5.91 Å². The summed E-state index contributed by atoms with van der Waals surface area (Å²) < 4.78 is 27.3. The lowest BCUT2D eigenvalue weighted by atomic mass is 10.2. The van der Waals surface area contributed by atoms with E-state index in [-0.39, 0.29) is 16.5 Å². The van der Waals surface area contributed by atoms with Crippen molar-refractivity contribution in [1.29, 1.82) is 0 Å². The molecule has 0 saturated heterocycles. The van der Waals surface area contributed by atoms with E-state index >= 15 is 0 Å². The predicted octanol–water partition coefficient (Wildman–Crippen LogP) is 3.59. The maximum atomic E-state index is 12.5. The Labute approximate surface area is 213 Å². The van der Waals surface area contributed by atoms with E-state index in [4.69, 9.17) is 18.0 Å². The van der Waals surface area contributed by atoms with Crippen molar-refractivity contribution in [2.24, 2.45) is 4.99 Å². The fraction of sp³-hybridized carbons (Fsp3) is 0.130. The van der Waals surface area contributed by atoms with Crippen molar-refractivity contribution in [3.8, 4) is 23.6 Å². The van der Waals surface area contributed by atoms with Gasteiger partial charge in [0.15, 0.2) is 19.8 Å². The molecule has 0 atom stereocenters. The quantitative estimate of drug-likeness (QED) is 0.357. The summed E-state index contributed by atoms with van der Waals surface area (Å²) in [4.78, 5) is 33.2. The number of hydrogen-bond acceptors (Lipinski definition) is 7. The van der Waals surface area contributed by atoms with Crippen LogP contribution in [0, 0.1) is 12.3 Å². The van der Waals surface area contributed by atoms with Gasteiger partial charge < -0.3 is 9.88 Å². The van der Waals surface area contributed by atoms with Crippen LogP contribution >= 0.6 is 34.3 Å². The summed E-state index contributed by atoms with van der Waals surface area (Å²) >= 11 is 8.36. The summed E-state index contributed by atoms with van der Waals surface area (Å²) in [6.07, 6.45) is 5.43. The van der Waals surface area contributed by atoms with Crippen LogP contribution in [0.4, 0.5) is 5.13 Å². The van der Waals surface area contributed by atoms with Crippen molar-refractivity contribution in [2.75, 3.05) is 16.8 Å². The highest BCUT2D eigenvalue weighted by atomic mass is 35.5. The number of thiazole rings is 2. The van der Waals surface area contributed by atoms with Crippen LogP contribution in [0.25, 0.3) is 21.5 Å². The van der Waals surface area contributed by atoms with Gasteiger partial charge in [0, 0.05) is 16.0 Å². The predicted molar refractivity (Wildman–Crippen MR) is 139 cm³/mol. The third kappa shape index (κ3) is 6.23. The van der Waals surface area contributed by atoms with E-state index in [1.807, 2.05) is 30.3 Å². The Hall–Kier alpha value is -3.30. The normalized spacial score (nSPS) is 11.9. The Morgan fingerprint density at radius 3 is 2.69 bits per heavy atom. The van der Waals surface area contributed by atoms with Gasteiger partial charge in [-0.25, -0.2) is 13.4 Å². The summed E-state index contributed by atoms with van der Waals surface area (Å²) in [7, 11) is -4.07. The third-order valence-corrected chi connectivity index (χ3v) is 8.05. The van der Waals surface area contributed by atoms with E-state index < -0.39 is 33.2 Å². The maximum Gasteiger partial charge on any atom is 0.263 e. The molecule has 0 unspecified atom stereocenters. The molecule has 8 nitrogen and oxygen atoms in total. The molecule has 2 heterocycles. The number of fused-ring (bicyclic) bond motifs is 1. The smallest absolute Gasteiger partial charge is 0.263 e. The van der Waals surface area contributed by atoms with Gasteiger partial charge in [0.05, 0.1) is 22.5 Å². The van der Waals surface area contributed by atoms with Crippen molar-refractivity contribution in [3.05, 3.63) is 63.7 Å². The Morgan fingerprint density at radius 2 is 1.94 bits per heavy atom. The number of anilines is 1. The average molecular weight is 545 g/mol. The summed E-state index contributed by atoms with van der Waals surface area (Å²) in [6, 6.07) is 14.5. The Balaban J connectivity index is 1.45. The minimum Gasteiger partial charge on any atom is -0.305 e. The Kier molecular flexibility index (Phi) is 7.47. The molecule has 2 aromatic carbocycles. The van der Waals surface area contributed by atoms with E-state index in [2.05, 4.69) is 21.2 Å². The Morgan fingerprint density at radius 1 is 1.17 bits per heavy atom. The molecule has 0 saturated carbocycles. The van der Waals surface area contributed by atoms with Crippen LogP contribution in [0.1, 0.15) is 0 Å². The second-order valence-electron chi connectivity index (χ2n) is 7.28. The number of carbonyl (C=O) groups is 2. The number of halogens is 1. The second-order valence-corrected chi connectivity index (χ2v) is 11.6. The van der Waals surface area contributed by atoms with Gasteiger partial charge in [-0.1, -0.05) is 59.2 Å². The molecule has 12 heteroatoms. The molecule has 1 N–H and O–H groups in total. The van der Waals surface area contributed by atoms with Crippen LogP contribution in [0.3, 0.4) is 0 Å². The largest absolute Gasteiger partial charge is 0.305 e. The zero-order chi connectivity index (χ0) is 25.0. The van der Waals surface area contributed by atoms with Gasteiger partial charge in [-0.15, -0.1) is 17.8 Å². The number of benzene rings is 2. The van der Waals surface area contributed by atoms with E-state index in [1.54, 1.807) is 28.1 Å². The first-order chi connectivity index (χ1) is 16.7. The zero-order valence-electron chi connectivity index (χ0n) is 18.0. The number of nitrogens with zero attached hydrogens (tertiary/aromatic N) is 3. The highest BCUT2D eigenvalue weighted by molar-refractivity contribution is 7.92. The summed E-state index contributed by atoms with van der Waals surface area (Å²) in [5.74, 6) is -0.990. The first-order valence-corrected chi connectivity index (χ1v) is 13.9. The second kappa shape index (κ2) is 10.5. The number of carbonyl (C=O) groups excluding carboxylic acids is 2. The van der Waals surface area contributed by atoms with Gasteiger partial charge in [-0.05, 0) is 18.2 Å². The highest BCUT2D eigenvalue weighted by Crippen LogP contribution is 2.24. The fourth-order valence-electron chi connectivity index (χ4n) is 3.18. The lowest BCUT2D eigenvalue weighted by molar-refractivity contribution is -0.115. The number of rotatable bonds is 7. The van der Waals surface area contributed by atoms with Gasteiger partial charge in [-0.3, -0.25) is 9.59 Å². The standard InChI is InChI=1S/C23H17ClN4O4S3/c1-2-10-28-18-9-8-16(24)11-19(18)34-23(28)27-21(30)14-35(31,32)13-20(29)26-22-25-17(12-33-22)15-6-4-3-5-7-15/h1,3-9,11-12H,10,13-14H2,(H,25,26,29). The van der Waals surface area contributed by atoms with Crippen LogP contribution in [0.15, 0.2) is 58.9 Å². The SMILES string of the molecule is C#CCn1c(=NC(=O)CS(=O)(=O)CC(=O)Nc2nc(-c3ccccc3)cs2)sc2cc(Cl)ccc21. The molecule has 2 amide bonds. The van der Waals surface area contributed by atoms with Gasteiger partial charge in [0.1, 0.15) is 11.5 Å². The summed E-state index contributed by atoms with van der Waals surface area (Å²) in [6.45, 7) is 0.141. The van der Waals surface area contributed by atoms with Crippen molar-refractivity contribution in [3.63, 3.8) is 0 Å². The maximum absolute atomic E-state index is 12.5. The van der Waals surface area contributed by atoms with Gasteiger partial charge in [-0.2, -0.15) is 4.99 Å². The van der Waals surface area contributed by atoms with Crippen LogP contribution in [-0.2, 0) is 26.0 Å². The zero-order valence-corrected chi connectivity index (χ0v) is 21.2. The number of aromatic nitrogens is 2. The van der Waals surface area contributed by atoms with Crippen LogP contribution in [0.2, 0.25) is 5.02 Å². The first-order valence-electron chi connectivity index (χ1n) is 10.1. The van der Waals surface area contributed by atoms with E-state index in [9.17, 15) is 18.0 Å². The van der Waals surface area contributed by atoms with Crippen molar-refractivity contribution < 1.29 is 18.0 Å². The van der Waals surface area contributed by atoms with E-state index in [1.165, 1.54) is 11.3 Å². The van der Waals surface area contributed by atoms with Crippen LogP contribution in [-0.4, -0.2) is 41.3 Å². The van der Waals surface area contributed by atoms with E-state index in [0.29, 0.717) is 10.7 Å². The monoisotopic (exact) mass is 544 g/mol. The summed E-state index contributed by atoms with van der Waals surface area (Å²) in [5, 5.41) is 5.00. The van der Waals surface area contributed by atoms with E-state index in [0.717, 1.165) is 27.1 Å². The molecular formula is C23H17ClN4O4S3.